The fraction of sp³-hybridized carbons (Fsp3) is 0.900. The molecule has 3 N–H and O–H groups in total. The summed E-state index contributed by atoms with van der Waals surface area (Å²) in [6.07, 6.45) is 1.50. The fourth-order valence-electron chi connectivity index (χ4n) is 1.09. The minimum atomic E-state index is -0.00309. The van der Waals surface area contributed by atoms with Gasteiger partial charge in [0.25, 0.3) is 0 Å². The molecule has 0 spiro atoms. The molecule has 5 nitrogen and oxygen atoms in total. The Hall–Kier alpha value is -0.810. The van der Waals surface area contributed by atoms with E-state index in [-0.39, 0.29) is 18.0 Å². The van der Waals surface area contributed by atoms with Crippen LogP contribution in [-0.2, 0) is 9.47 Å². The Balaban J connectivity index is 3.62. The molecule has 0 aromatic rings. The van der Waals surface area contributed by atoms with E-state index in [1.165, 1.54) is 0 Å². The fourth-order valence-corrected chi connectivity index (χ4v) is 1.09. The lowest BCUT2D eigenvalue weighted by atomic mass is 10.2. The second-order valence-electron chi connectivity index (χ2n) is 3.62. The van der Waals surface area contributed by atoms with Crippen molar-refractivity contribution in [2.75, 3.05) is 13.2 Å². The van der Waals surface area contributed by atoms with Crippen molar-refractivity contribution in [2.24, 2.45) is 10.9 Å². The van der Waals surface area contributed by atoms with Gasteiger partial charge in [0.1, 0.15) is 5.84 Å². The van der Waals surface area contributed by atoms with Gasteiger partial charge in [0.15, 0.2) is 0 Å². The number of nitrogens with zero attached hydrogens (tertiary/aromatic N) is 1. The van der Waals surface area contributed by atoms with Crippen LogP contribution in [0.1, 0.15) is 33.6 Å². The molecule has 0 bridgehead atoms. The second-order valence-corrected chi connectivity index (χ2v) is 3.62. The summed E-state index contributed by atoms with van der Waals surface area (Å²) in [5.74, 6) is 0.201. The first-order chi connectivity index (χ1) is 7.10. The predicted molar refractivity (Wildman–Crippen MR) is 59.1 cm³/mol. The second kappa shape index (κ2) is 8.49. The number of hydrogen-bond acceptors (Lipinski definition) is 4. The van der Waals surface area contributed by atoms with Crippen molar-refractivity contribution in [3.63, 3.8) is 0 Å². The van der Waals surface area contributed by atoms with Crippen molar-refractivity contribution in [1.82, 2.24) is 0 Å². The molecule has 0 heterocycles. The summed E-state index contributed by atoms with van der Waals surface area (Å²) in [6, 6.07) is 0. The Labute approximate surface area is 91.2 Å². The van der Waals surface area contributed by atoms with Crippen molar-refractivity contribution in [1.29, 1.82) is 0 Å². The van der Waals surface area contributed by atoms with Gasteiger partial charge in [-0.2, -0.15) is 0 Å². The van der Waals surface area contributed by atoms with Gasteiger partial charge in [0.05, 0.1) is 25.4 Å². The molecule has 0 fully saturated rings. The van der Waals surface area contributed by atoms with Crippen LogP contribution in [0.5, 0.6) is 0 Å². The van der Waals surface area contributed by atoms with E-state index in [1.54, 1.807) is 0 Å². The van der Waals surface area contributed by atoms with Crippen molar-refractivity contribution in [3.8, 4) is 0 Å². The number of oxime groups is 1. The van der Waals surface area contributed by atoms with Crippen molar-refractivity contribution < 1.29 is 14.7 Å². The molecule has 0 aliphatic rings. The smallest absolute Gasteiger partial charge is 0.141 e. The van der Waals surface area contributed by atoms with Crippen LogP contribution in [0.3, 0.4) is 0 Å². The van der Waals surface area contributed by atoms with Crippen LogP contribution < -0.4 is 5.73 Å². The lowest BCUT2D eigenvalue weighted by Crippen LogP contribution is -2.24. The molecule has 0 radical (unpaired) electrons. The third-order valence-corrected chi connectivity index (χ3v) is 1.91. The molecule has 5 heteroatoms. The predicted octanol–water partition coefficient (Wildman–Crippen LogP) is 1.34. The highest BCUT2D eigenvalue weighted by atomic mass is 16.5. The molecule has 0 aliphatic carbocycles. The minimum Gasteiger partial charge on any atom is -0.409 e. The van der Waals surface area contributed by atoms with E-state index in [0.717, 1.165) is 6.42 Å². The number of ether oxygens (including phenoxy) is 2. The Morgan fingerprint density at radius 2 is 1.93 bits per heavy atom. The van der Waals surface area contributed by atoms with Crippen LogP contribution in [0, 0.1) is 0 Å². The quantitative estimate of drug-likeness (QED) is 0.212. The Morgan fingerprint density at radius 3 is 2.40 bits per heavy atom. The summed E-state index contributed by atoms with van der Waals surface area (Å²) in [5, 5.41) is 11.3. The monoisotopic (exact) mass is 218 g/mol. The van der Waals surface area contributed by atoms with Gasteiger partial charge in [-0.1, -0.05) is 12.1 Å². The van der Waals surface area contributed by atoms with Gasteiger partial charge >= 0.3 is 0 Å². The summed E-state index contributed by atoms with van der Waals surface area (Å²) in [4.78, 5) is 0. The third kappa shape index (κ3) is 8.20. The van der Waals surface area contributed by atoms with Crippen molar-refractivity contribution >= 4 is 5.84 Å². The third-order valence-electron chi connectivity index (χ3n) is 1.91. The zero-order chi connectivity index (χ0) is 11.7. The highest BCUT2D eigenvalue weighted by Gasteiger charge is 2.09. The molecule has 0 saturated heterocycles. The topological polar surface area (TPSA) is 77.1 Å². The number of amidine groups is 1. The van der Waals surface area contributed by atoms with Gasteiger partial charge in [-0.25, -0.2) is 0 Å². The highest BCUT2D eigenvalue weighted by molar-refractivity contribution is 5.80. The lowest BCUT2D eigenvalue weighted by molar-refractivity contribution is -0.0113. The maximum atomic E-state index is 8.41. The highest BCUT2D eigenvalue weighted by Crippen LogP contribution is 2.03. The van der Waals surface area contributed by atoms with Crippen LogP contribution in [0.4, 0.5) is 0 Å². The lowest BCUT2D eigenvalue weighted by Gasteiger charge is -2.15. The van der Waals surface area contributed by atoms with E-state index >= 15 is 0 Å². The Morgan fingerprint density at radius 1 is 1.33 bits per heavy atom. The Bertz CT molecular complexity index is 184. The first-order valence-corrected chi connectivity index (χ1v) is 5.29. The molecule has 0 rings (SSSR count). The average Bonchev–Trinajstić information content (AvgIpc) is 2.21. The zero-order valence-electron chi connectivity index (χ0n) is 9.77. The first-order valence-electron chi connectivity index (χ1n) is 5.29. The van der Waals surface area contributed by atoms with E-state index in [1.807, 2.05) is 20.8 Å². The summed E-state index contributed by atoms with van der Waals surface area (Å²) in [7, 11) is 0. The average molecular weight is 218 g/mol. The van der Waals surface area contributed by atoms with Crippen molar-refractivity contribution in [3.05, 3.63) is 0 Å². The van der Waals surface area contributed by atoms with Gasteiger partial charge in [-0.15, -0.1) is 0 Å². The molecule has 0 aliphatic heterocycles. The standard InChI is InChI=1S/C10H22N2O3/c1-4-9(7-10(11)12-13)15-6-5-14-8(2)3/h8-9,13H,4-7H2,1-3H3,(H2,11,12). The number of nitrogens with two attached hydrogens (primary N) is 1. The van der Waals surface area contributed by atoms with E-state index in [0.29, 0.717) is 19.6 Å². The number of rotatable bonds is 8. The van der Waals surface area contributed by atoms with E-state index in [9.17, 15) is 0 Å². The van der Waals surface area contributed by atoms with Gasteiger partial charge in [0, 0.05) is 6.42 Å². The van der Waals surface area contributed by atoms with E-state index in [4.69, 9.17) is 20.4 Å². The van der Waals surface area contributed by atoms with Gasteiger partial charge in [-0.3, -0.25) is 0 Å². The van der Waals surface area contributed by atoms with Crippen molar-refractivity contribution in [2.45, 2.75) is 45.8 Å². The van der Waals surface area contributed by atoms with E-state index < -0.39 is 0 Å². The van der Waals surface area contributed by atoms with Crippen LogP contribution >= 0.6 is 0 Å². The van der Waals surface area contributed by atoms with Crippen LogP contribution in [0.15, 0.2) is 5.16 Å². The van der Waals surface area contributed by atoms with Gasteiger partial charge < -0.3 is 20.4 Å². The number of hydrogen-bond donors (Lipinski definition) is 2. The normalized spacial score (nSPS) is 14.5. The van der Waals surface area contributed by atoms with Gasteiger partial charge in [-0.05, 0) is 20.3 Å². The Kier molecular flexibility index (Phi) is 8.04. The summed E-state index contributed by atoms with van der Waals surface area (Å²) < 4.78 is 10.8. The summed E-state index contributed by atoms with van der Waals surface area (Å²) >= 11 is 0. The molecule has 90 valence electrons. The molecule has 15 heavy (non-hydrogen) atoms. The molecule has 0 aromatic carbocycles. The SMILES string of the molecule is CCC(C/C(N)=N/O)OCCOC(C)C. The maximum absolute atomic E-state index is 8.41. The molecule has 0 aromatic heterocycles. The van der Waals surface area contributed by atoms with E-state index in [2.05, 4.69) is 5.16 Å². The molecular weight excluding hydrogens is 196 g/mol. The maximum Gasteiger partial charge on any atom is 0.141 e. The molecule has 0 saturated carbocycles. The molecule has 1 unspecified atom stereocenters. The van der Waals surface area contributed by atoms with Crippen LogP contribution in [-0.4, -0.2) is 36.5 Å². The van der Waals surface area contributed by atoms with Gasteiger partial charge in [0.2, 0.25) is 0 Å². The van der Waals surface area contributed by atoms with Crippen LogP contribution in [0.25, 0.3) is 0 Å². The minimum absolute atomic E-state index is 0.00309. The first kappa shape index (κ1) is 14.2. The molecule has 0 amide bonds. The van der Waals surface area contributed by atoms with Crippen LogP contribution in [0.2, 0.25) is 0 Å². The molecule has 1 atom stereocenters. The summed E-state index contributed by atoms with van der Waals surface area (Å²) in [5.41, 5.74) is 5.39. The summed E-state index contributed by atoms with van der Waals surface area (Å²) in [6.45, 7) is 7.07. The zero-order valence-corrected chi connectivity index (χ0v) is 9.77. The largest absolute Gasteiger partial charge is 0.409 e. The molecular formula is C10H22N2O3.